The van der Waals surface area contributed by atoms with E-state index in [0.717, 1.165) is 0 Å². The first-order chi connectivity index (χ1) is 6.85. The van der Waals surface area contributed by atoms with Crippen molar-refractivity contribution in [3.05, 3.63) is 0 Å². The second kappa shape index (κ2) is 4.76. The van der Waals surface area contributed by atoms with Crippen LogP contribution in [0.25, 0.3) is 0 Å². The summed E-state index contributed by atoms with van der Waals surface area (Å²) in [6.45, 7) is 6.07. The van der Waals surface area contributed by atoms with Crippen molar-refractivity contribution < 1.29 is 24.8 Å². The van der Waals surface area contributed by atoms with E-state index >= 15 is 0 Å². The molecular weight excluding hydrogens is 200 g/mol. The topological polar surface area (TPSA) is 79.2 Å². The van der Waals surface area contributed by atoms with Crippen molar-refractivity contribution in [1.29, 1.82) is 0 Å². The maximum Gasteiger partial charge on any atom is 0.186 e. The molecule has 0 aromatic rings. The molecule has 1 aliphatic rings. The Kier molecular flexibility index (Phi) is 4.08. The van der Waals surface area contributed by atoms with Crippen molar-refractivity contribution in [2.75, 3.05) is 13.2 Å². The third-order valence-electron chi connectivity index (χ3n) is 2.18. The van der Waals surface area contributed by atoms with Gasteiger partial charge in [-0.25, -0.2) is 0 Å². The molecule has 5 heteroatoms. The predicted octanol–water partition coefficient (Wildman–Crippen LogP) is -0.512. The molecule has 90 valence electrons. The van der Waals surface area contributed by atoms with E-state index in [9.17, 15) is 10.2 Å². The average Bonchev–Trinajstić information content (AvgIpc) is 2.40. The molecule has 0 radical (unpaired) electrons. The Labute approximate surface area is 89.6 Å². The molecule has 1 rings (SSSR count). The van der Waals surface area contributed by atoms with Crippen LogP contribution in [-0.2, 0) is 9.47 Å². The molecule has 5 nitrogen and oxygen atoms in total. The van der Waals surface area contributed by atoms with Gasteiger partial charge in [-0.3, -0.25) is 0 Å². The lowest BCUT2D eigenvalue weighted by atomic mass is 9.99. The monoisotopic (exact) mass is 220 g/mol. The van der Waals surface area contributed by atoms with Gasteiger partial charge in [0.1, 0.15) is 18.3 Å². The fraction of sp³-hybridized carbons (Fsp3) is 1.00. The Morgan fingerprint density at radius 3 is 2.20 bits per heavy atom. The number of aliphatic hydroxyl groups excluding tert-OH is 3. The zero-order valence-corrected chi connectivity index (χ0v) is 9.38. The Morgan fingerprint density at radius 1 is 1.20 bits per heavy atom. The molecule has 1 saturated heterocycles. The maximum atomic E-state index is 9.54. The van der Waals surface area contributed by atoms with Crippen molar-refractivity contribution >= 4 is 0 Å². The lowest BCUT2D eigenvalue weighted by Crippen LogP contribution is -2.35. The summed E-state index contributed by atoms with van der Waals surface area (Å²) >= 11 is 0. The van der Waals surface area contributed by atoms with Crippen LogP contribution in [0.15, 0.2) is 0 Å². The Balaban J connectivity index is 2.44. The van der Waals surface area contributed by atoms with Crippen LogP contribution in [0.5, 0.6) is 0 Å². The van der Waals surface area contributed by atoms with Crippen LogP contribution < -0.4 is 0 Å². The molecule has 0 saturated carbocycles. The van der Waals surface area contributed by atoms with E-state index in [2.05, 4.69) is 0 Å². The molecule has 1 aliphatic heterocycles. The Morgan fingerprint density at radius 2 is 1.80 bits per heavy atom. The first kappa shape index (κ1) is 12.9. The van der Waals surface area contributed by atoms with E-state index < -0.39 is 24.6 Å². The molecule has 0 amide bonds. The van der Waals surface area contributed by atoms with Gasteiger partial charge in [-0.1, -0.05) is 20.8 Å². The number of ether oxygens (including phenoxy) is 2. The van der Waals surface area contributed by atoms with Gasteiger partial charge in [0.15, 0.2) is 6.29 Å². The normalized spacial score (nSPS) is 37.2. The molecule has 1 heterocycles. The summed E-state index contributed by atoms with van der Waals surface area (Å²) < 4.78 is 10.5. The van der Waals surface area contributed by atoms with E-state index in [1.54, 1.807) is 0 Å². The minimum Gasteiger partial charge on any atom is -0.394 e. The Bertz CT molecular complexity index is 200. The molecule has 0 aromatic heterocycles. The maximum absolute atomic E-state index is 9.54. The summed E-state index contributed by atoms with van der Waals surface area (Å²) in [5.74, 6) is 0. The smallest absolute Gasteiger partial charge is 0.186 e. The average molecular weight is 220 g/mol. The van der Waals surface area contributed by atoms with E-state index in [1.165, 1.54) is 0 Å². The largest absolute Gasteiger partial charge is 0.394 e. The number of rotatable bonds is 3. The summed E-state index contributed by atoms with van der Waals surface area (Å²) in [5.41, 5.74) is -0.0364. The molecule has 0 aromatic carbocycles. The molecule has 3 N–H and O–H groups in total. The van der Waals surface area contributed by atoms with Gasteiger partial charge in [0.25, 0.3) is 0 Å². The van der Waals surface area contributed by atoms with E-state index in [-0.39, 0.29) is 12.0 Å². The minimum absolute atomic E-state index is 0.0364. The van der Waals surface area contributed by atoms with Crippen LogP contribution in [-0.4, -0.2) is 53.1 Å². The number of hydrogen-bond acceptors (Lipinski definition) is 5. The van der Waals surface area contributed by atoms with Gasteiger partial charge in [-0.05, 0) is 5.41 Å². The first-order valence-electron chi connectivity index (χ1n) is 5.09. The molecule has 4 atom stereocenters. The molecule has 1 unspecified atom stereocenters. The number of hydrogen-bond donors (Lipinski definition) is 3. The van der Waals surface area contributed by atoms with Crippen molar-refractivity contribution in [2.24, 2.45) is 5.41 Å². The van der Waals surface area contributed by atoms with Gasteiger partial charge in [0.05, 0.1) is 13.2 Å². The van der Waals surface area contributed by atoms with Gasteiger partial charge in [-0.15, -0.1) is 0 Å². The molecule has 0 aliphatic carbocycles. The number of aliphatic hydroxyl groups is 3. The second-order valence-electron chi connectivity index (χ2n) is 5.08. The minimum atomic E-state index is -1.09. The van der Waals surface area contributed by atoms with Crippen LogP contribution in [0.3, 0.4) is 0 Å². The summed E-state index contributed by atoms with van der Waals surface area (Å²) in [6, 6.07) is 0. The van der Waals surface area contributed by atoms with E-state index in [0.29, 0.717) is 6.61 Å². The molecule has 1 fully saturated rings. The highest BCUT2D eigenvalue weighted by atomic mass is 16.7. The van der Waals surface area contributed by atoms with Crippen molar-refractivity contribution in [3.63, 3.8) is 0 Å². The zero-order valence-electron chi connectivity index (χ0n) is 9.38. The SMILES string of the molecule is CC(C)(C)CO[C@H]1O[C@H](CO)[C@H](O)C1O. The van der Waals surface area contributed by atoms with Crippen LogP contribution in [0.4, 0.5) is 0 Å². The quantitative estimate of drug-likeness (QED) is 0.597. The fourth-order valence-electron chi connectivity index (χ4n) is 1.34. The van der Waals surface area contributed by atoms with Gasteiger partial charge in [-0.2, -0.15) is 0 Å². The van der Waals surface area contributed by atoms with Crippen molar-refractivity contribution in [1.82, 2.24) is 0 Å². The van der Waals surface area contributed by atoms with Gasteiger partial charge >= 0.3 is 0 Å². The lowest BCUT2D eigenvalue weighted by Gasteiger charge is -2.22. The van der Waals surface area contributed by atoms with Crippen LogP contribution in [0.2, 0.25) is 0 Å². The summed E-state index contributed by atoms with van der Waals surface area (Å²) in [4.78, 5) is 0. The molecular formula is C10H20O5. The van der Waals surface area contributed by atoms with E-state index in [1.807, 2.05) is 20.8 Å². The third-order valence-corrected chi connectivity index (χ3v) is 2.18. The molecule has 0 spiro atoms. The Hall–Kier alpha value is -0.200. The standard InChI is InChI=1S/C10H20O5/c1-10(2,3)5-14-9-8(13)7(12)6(4-11)15-9/h6-9,11-13H,4-5H2,1-3H3/t6-,7+,8?,9+/m1/s1. The zero-order chi connectivity index (χ0) is 11.6. The van der Waals surface area contributed by atoms with Crippen molar-refractivity contribution in [2.45, 2.75) is 45.4 Å². The van der Waals surface area contributed by atoms with Crippen LogP contribution in [0, 0.1) is 5.41 Å². The molecule has 0 bridgehead atoms. The van der Waals surface area contributed by atoms with E-state index in [4.69, 9.17) is 14.6 Å². The van der Waals surface area contributed by atoms with Crippen LogP contribution in [0.1, 0.15) is 20.8 Å². The third kappa shape index (κ3) is 3.39. The van der Waals surface area contributed by atoms with Gasteiger partial charge in [0, 0.05) is 0 Å². The first-order valence-corrected chi connectivity index (χ1v) is 5.09. The highest BCUT2D eigenvalue weighted by Crippen LogP contribution is 2.24. The highest BCUT2D eigenvalue weighted by molar-refractivity contribution is 4.86. The highest BCUT2D eigenvalue weighted by Gasteiger charge is 2.43. The summed E-state index contributed by atoms with van der Waals surface area (Å²) in [6.07, 6.45) is -3.79. The fourth-order valence-corrected chi connectivity index (χ4v) is 1.34. The van der Waals surface area contributed by atoms with Gasteiger partial charge < -0.3 is 24.8 Å². The van der Waals surface area contributed by atoms with Crippen molar-refractivity contribution in [3.8, 4) is 0 Å². The predicted molar refractivity (Wildman–Crippen MR) is 53.2 cm³/mol. The summed E-state index contributed by atoms with van der Waals surface area (Å²) in [5, 5.41) is 27.8. The molecule has 15 heavy (non-hydrogen) atoms. The van der Waals surface area contributed by atoms with Crippen LogP contribution >= 0.6 is 0 Å². The summed E-state index contributed by atoms with van der Waals surface area (Å²) in [7, 11) is 0. The second-order valence-corrected chi connectivity index (χ2v) is 5.08. The lowest BCUT2D eigenvalue weighted by molar-refractivity contribution is -0.180. The van der Waals surface area contributed by atoms with Gasteiger partial charge in [0.2, 0.25) is 0 Å².